The van der Waals surface area contributed by atoms with Crippen LogP contribution in [0.5, 0.6) is 0 Å². The van der Waals surface area contributed by atoms with Crippen LogP contribution in [-0.2, 0) is 9.53 Å². The van der Waals surface area contributed by atoms with E-state index in [1.807, 2.05) is 6.08 Å². The lowest BCUT2D eigenvalue weighted by atomic mass is 9.82. The van der Waals surface area contributed by atoms with E-state index < -0.39 is 0 Å². The van der Waals surface area contributed by atoms with Crippen molar-refractivity contribution in [2.24, 2.45) is 11.8 Å². The number of hydrogen-bond acceptors (Lipinski definition) is 3. The van der Waals surface area contributed by atoms with Crippen molar-refractivity contribution in [3.8, 4) is 0 Å². The van der Waals surface area contributed by atoms with E-state index in [4.69, 9.17) is 4.74 Å². The molecule has 3 heteroatoms. The average Bonchev–Trinajstić information content (AvgIpc) is 2.81. The predicted molar refractivity (Wildman–Crippen MR) is 93.2 cm³/mol. The number of rotatable bonds is 2. The van der Waals surface area contributed by atoms with Gasteiger partial charge < -0.3 is 9.84 Å². The van der Waals surface area contributed by atoms with Gasteiger partial charge in [-0.2, -0.15) is 0 Å². The van der Waals surface area contributed by atoms with Crippen LogP contribution in [0, 0.1) is 11.8 Å². The number of fused-ring (bicyclic) bond motifs is 2. The molecule has 23 heavy (non-hydrogen) atoms. The smallest absolute Gasteiger partial charge is 0.145 e. The Bertz CT molecular complexity index is 462. The summed E-state index contributed by atoms with van der Waals surface area (Å²) in [7, 11) is 0. The van der Waals surface area contributed by atoms with Gasteiger partial charge in [-0.15, -0.1) is 0 Å². The zero-order valence-electron chi connectivity index (χ0n) is 14.9. The van der Waals surface area contributed by atoms with Crippen LogP contribution < -0.4 is 0 Å². The van der Waals surface area contributed by atoms with Gasteiger partial charge in [0.1, 0.15) is 6.29 Å². The zero-order chi connectivity index (χ0) is 16.9. The van der Waals surface area contributed by atoms with Crippen LogP contribution in [0.15, 0.2) is 23.3 Å². The summed E-state index contributed by atoms with van der Waals surface area (Å²) >= 11 is 0. The molecule has 0 aromatic carbocycles. The quantitative estimate of drug-likeness (QED) is 0.612. The van der Waals surface area contributed by atoms with Gasteiger partial charge in [-0.3, -0.25) is 4.79 Å². The third-order valence-electron chi connectivity index (χ3n) is 5.62. The molecular weight excluding hydrogens is 288 g/mol. The number of aldehydes is 1. The van der Waals surface area contributed by atoms with Crippen molar-refractivity contribution in [2.45, 2.75) is 77.4 Å². The molecule has 0 saturated carbocycles. The topological polar surface area (TPSA) is 46.5 Å². The van der Waals surface area contributed by atoms with Crippen LogP contribution in [0.3, 0.4) is 0 Å². The highest BCUT2D eigenvalue weighted by Gasteiger charge is 2.43. The Balaban J connectivity index is 2.16. The highest BCUT2D eigenvalue weighted by molar-refractivity contribution is 5.72. The minimum absolute atomic E-state index is 0.109. The molecule has 2 aliphatic rings. The molecule has 3 nitrogen and oxygen atoms in total. The van der Waals surface area contributed by atoms with Gasteiger partial charge >= 0.3 is 0 Å². The third-order valence-corrected chi connectivity index (χ3v) is 5.62. The second-order valence-electron chi connectivity index (χ2n) is 7.74. The number of aliphatic hydroxyl groups excluding tert-OH is 1. The maximum absolute atomic E-state index is 11.2. The van der Waals surface area contributed by atoms with Crippen molar-refractivity contribution in [2.75, 3.05) is 6.61 Å². The first-order chi connectivity index (χ1) is 11.0. The molecule has 2 rings (SSSR count). The van der Waals surface area contributed by atoms with Crippen molar-refractivity contribution in [3.05, 3.63) is 23.3 Å². The van der Waals surface area contributed by atoms with Crippen molar-refractivity contribution in [1.82, 2.24) is 0 Å². The molecule has 1 fully saturated rings. The second kappa shape index (κ2) is 8.25. The number of carbonyl (C=O) groups excluding carboxylic acids is 1. The van der Waals surface area contributed by atoms with E-state index in [1.54, 1.807) is 0 Å². The third kappa shape index (κ3) is 5.02. The standard InChI is InChI=1S/C20H32O3/c1-15-6-4-7-16(13-21)8-5-9-17(14-22)19-12-18(11-10-15)20(2,3)23-19/h6,8,13,17-19,22H,4-5,7,9-12,14H2,1-3H3/b15-6-,16-8+/t17-,18-,19-/m1/s1. The minimum atomic E-state index is -0.109. The molecule has 3 atom stereocenters. The monoisotopic (exact) mass is 320 g/mol. The molecular formula is C20H32O3. The molecule has 2 bridgehead atoms. The molecule has 1 aliphatic carbocycles. The zero-order valence-corrected chi connectivity index (χ0v) is 14.9. The van der Waals surface area contributed by atoms with Crippen LogP contribution in [0.4, 0.5) is 0 Å². The van der Waals surface area contributed by atoms with E-state index in [2.05, 4.69) is 26.8 Å². The molecule has 130 valence electrons. The summed E-state index contributed by atoms with van der Waals surface area (Å²) in [6.45, 7) is 6.73. The van der Waals surface area contributed by atoms with Crippen molar-refractivity contribution in [3.63, 3.8) is 0 Å². The van der Waals surface area contributed by atoms with E-state index in [0.717, 1.165) is 56.8 Å². The average molecular weight is 320 g/mol. The summed E-state index contributed by atoms with van der Waals surface area (Å²) < 4.78 is 6.31. The maximum Gasteiger partial charge on any atom is 0.145 e. The predicted octanol–water partition coefficient (Wildman–Crippen LogP) is 4.20. The molecule has 0 amide bonds. The molecule has 1 aliphatic heterocycles. The Kier molecular flexibility index (Phi) is 6.60. The van der Waals surface area contributed by atoms with Crippen molar-refractivity contribution < 1.29 is 14.6 Å². The van der Waals surface area contributed by atoms with Crippen LogP contribution in [0.25, 0.3) is 0 Å². The van der Waals surface area contributed by atoms with Crippen LogP contribution in [0.1, 0.15) is 65.7 Å². The summed E-state index contributed by atoms with van der Waals surface area (Å²) in [4.78, 5) is 11.2. The summed E-state index contributed by atoms with van der Waals surface area (Å²) in [5.74, 6) is 0.719. The highest BCUT2D eigenvalue weighted by atomic mass is 16.5. The van der Waals surface area contributed by atoms with Gasteiger partial charge in [0.2, 0.25) is 0 Å². The van der Waals surface area contributed by atoms with E-state index >= 15 is 0 Å². The number of ether oxygens (including phenoxy) is 1. The number of carbonyl (C=O) groups is 1. The first-order valence-electron chi connectivity index (χ1n) is 9.04. The lowest BCUT2D eigenvalue weighted by Gasteiger charge is -2.27. The largest absolute Gasteiger partial charge is 0.396 e. The summed E-state index contributed by atoms with van der Waals surface area (Å²) in [5.41, 5.74) is 2.18. The Morgan fingerprint density at radius 2 is 2.04 bits per heavy atom. The first kappa shape index (κ1) is 18.4. The van der Waals surface area contributed by atoms with Gasteiger partial charge in [-0.25, -0.2) is 0 Å². The fraction of sp³-hybridized carbons (Fsp3) is 0.750. The van der Waals surface area contributed by atoms with Crippen LogP contribution >= 0.6 is 0 Å². The van der Waals surface area contributed by atoms with Crippen molar-refractivity contribution in [1.29, 1.82) is 0 Å². The minimum Gasteiger partial charge on any atom is -0.396 e. The van der Waals surface area contributed by atoms with E-state index in [-0.39, 0.29) is 24.2 Å². The Labute approximate surface area is 140 Å². The van der Waals surface area contributed by atoms with E-state index in [0.29, 0.717) is 5.92 Å². The summed E-state index contributed by atoms with van der Waals surface area (Å²) in [6, 6.07) is 0. The molecule has 0 radical (unpaired) electrons. The van der Waals surface area contributed by atoms with E-state index in [1.165, 1.54) is 5.57 Å². The van der Waals surface area contributed by atoms with Gasteiger partial charge in [0.05, 0.1) is 11.7 Å². The van der Waals surface area contributed by atoms with Crippen molar-refractivity contribution >= 4 is 6.29 Å². The molecule has 1 N–H and O–H groups in total. The highest BCUT2D eigenvalue weighted by Crippen LogP contribution is 2.42. The number of hydrogen-bond donors (Lipinski definition) is 1. The van der Waals surface area contributed by atoms with Crippen LogP contribution in [-0.4, -0.2) is 29.7 Å². The Morgan fingerprint density at radius 1 is 1.26 bits per heavy atom. The lowest BCUT2D eigenvalue weighted by Crippen LogP contribution is -2.30. The molecule has 0 aromatic rings. The normalized spacial score (nSPS) is 37.1. The summed E-state index contributed by atoms with van der Waals surface area (Å²) in [5, 5.41) is 9.77. The number of allylic oxidation sites excluding steroid dienone is 4. The molecule has 0 unspecified atom stereocenters. The van der Waals surface area contributed by atoms with Gasteiger partial charge in [-0.05, 0) is 77.2 Å². The molecule has 0 spiro atoms. The Hall–Kier alpha value is -0.930. The molecule has 0 aromatic heterocycles. The Morgan fingerprint density at radius 3 is 2.74 bits per heavy atom. The fourth-order valence-corrected chi connectivity index (χ4v) is 3.93. The molecule has 1 saturated heterocycles. The van der Waals surface area contributed by atoms with Crippen LogP contribution in [0.2, 0.25) is 0 Å². The van der Waals surface area contributed by atoms with Gasteiger partial charge in [0, 0.05) is 12.5 Å². The second-order valence-corrected chi connectivity index (χ2v) is 7.74. The van der Waals surface area contributed by atoms with Gasteiger partial charge in [0.15, 0.2) is 0 Å². The number of aliphatic hydroxyl groups is 1. The SMILES string of the molecule is C/C1=C/CC/C(C=O)=C\CC[C@H](CO)[C@H]2C[C@@H](CC1)C(C)(C)O2. The molecule has 1 heterocycles. The van der Waals surface area contributed by atoms with Gasteiger partial charge in [0.25, 0.3) is 0 Å². The lowest BCUT2D eigenvalue weighted by molar-refractivity contribution is -0.105. The van der Waals surface area contributed by atoms with E-state index in [9.17, 15) is 9.90 Å². The first-order valence-corrected chi connectivity index (χ1v) is 9.04. The maximum atomic E-state index is 11.2. The summed E-state index contributed by atoms with van der Waals surface area (Å²) in [6.07, 6.45) is 12.2. The fourth-order valence-electron chi connectivity index (χ4n) is 3.93. The van der Waals surface area contributed by atoms with Gasteiger partial charge in [-0.1, -0.05) is 17.7 Å².